The number of aromatic nitrogens is 3. The lowest BCUT2D eigenvalue weighted by atomic mass is 10.2. The SMILES string of the molecule is CN=C(NCCCc1nnc2n1CCCCC2)NC1CCC(SC)C1.I. The Hall–Kier alpha value is -0.510. The van der Waals surface area contributed by atoms with Gasteiger partial charge in [-0.3, -0.25) is 4.99 Å². The van der Waals surface area contributed by atoms with Gasteiger partial charge in [0.15, 0.2) is 5.96 Å². The molecule has 8 heteroatoms. The minimum absolute atomic E-state index is 0. The van der Waals surface area contributed by atoms with Crippen molar-refractivity contribution in [3.63, 3.8) is 0 Å². The lowest BCUT2D eigenvalue weighted by Gasteiger charge is -2.17. The third-order valence-corrected chi connectivity index (χ3v) is 6.43. The molecule has 6 nitrogen and oxygen atoms in total. The molecule has 2 heterocycles. The molecule has 1 aromatic heterocycles. The molecule has 0 amide bonds. The molecule has 148 valence electrons. The van der Waals surface area contributed by atoms with E-state index in [-0.39, 0.29) is 24.0 Å². The topological polar surface area (TPSA) is 67.1 Å². The fraction of sp³-hybridized carbons (Fsp3) is 0.833. The van der Waals surface area contributed by atoms with Gasteiger partial charge in [0.05, 0.1) is 0 Å². The van der Waals surface area contributed by atoms with Crippen LogP contribution < -0.4 is 10.6 Å². The van der Waals surface area contributed by atoms with Crippen LogP contribution in [-0.2, 0) is 19.4 Å². The third kappa shape index (κ3) is 6.00. The Bertz CT molecular complexity index is 576. The van der Waals surface area contributed by atoms with Gasteiger partial charge >= 0.3 is 0 Å². The van der Waals surface area contributed by atoms with Crippen molar-refractivity contribution in [1.29, 1.82) is 0 Å². The summed E-state index contributed by atoms with van der Waals surface area (Å²) in [6.45, 7) is 2.01. The summed E-state index contributed by atoms with van der Waals surface area (Å²) in [6.07, 6.45) is 13.0. The maximum atomic E-state index is 4.41. The van der Waals surface area contributed by atoms with Gasteiger partial charge in [-0.05, 0) is 44.8 Å². The van der Waals surface area contributed by atoms with E-state index in [4.69, 9.17) is 0 Å². The highest BCUT2D eigenvalue weighted by Crippen LogP contribution is 2.28. The van der Waals surface area contributed by atoms with E-state index >= 15 is 0 Å². The number of hydrogen-bond acceptors (Lipinski definition) is 4. The molecule has 0 bridgehead atoms. The molecule has 1 aliphatic heterocycles. The van der Waals surface area contributed by atoms with Crippen LogP contribution in [0.1, 0.15) is 56.6 Å². The summed E-state index contributed by atoms with van der Waals surface area (Å²) in [7, 11) is 1.86. The van der Waals surface area contributed by atoms with Crippen molar-refractivity contribution in [1.82, 2.24) is 25.4 Å². The van der Waals surface area contributed by atoms with E-state index in [0.29, 0.717) is 6.04 Å². The number of aliphatic imine (C=N–C) groups is 1. The molecule has 0 spiro atoms. The maximum absolute atomic E-state index is 4.41. The number of aryl methyl sites for hydroxylation is 2. The van der Waals surface area contributed by atoms with Gasteiger partial charge in [-0.1, -0.05) is 6.42 Å². The summed E-state index contributed by atoms with van der Waals surface area (Å²) in [5, 5.41) is 16.6. The second-order valence-electron chi connectivity index (χ2n) is 7.11. The molecular weight excluding hydrogens is 459 g/mol. The van der Waals surface area contributed by atoms with E-state index in [9.17, 15) is 0 Å². The molecule has 1 aromatic rings. The van der Waals surface area contributed by atoms with E-state index in [1.165, 1.54) is 44.3 Å². The normalized spacial score (nSPS) is 23.1. The number of rotatable bonds is 6. The number of nitrogens with zero attached hydrogens (tertiary/aromatic N) is 4. The van der Waals surface area contributed by atoms with E-state index in [1.54, 1.807) is 0 Å². The second kappa shape index (κ2) is 11.4. The molecule has 2 aliphatic rings. The third-order valence-electron chi connectivity index (χ3n) is 5.34. The zero-order valence-electron chi connectivity index (χ0n) is 16.0. The lowest BCUT2D eigenvalue weighted by Crippen LogP contribution is -2.43. The summed E-state index contributed by atoms with van der Waals surface area (Å²) in [5.74, 6) is 3.27. The van der Waals surface area contributed by atoms with E-state index in [1.807, 2.05) is 18.8 Å². The van der Waals surface area contributed by atoms with Crippen molar-refractivity contribution in [2.75, 3.05) is 19.8 Å². The van der Waals surface area contributed by atoms with E-state index in [2.05, 4.69) is 36.6 Å². The van der Waals surface area contributed by atoms with Crippen molar-refractivity contribution in [3.05, 3.63) is 11.6 Å². The summed E-state index contributed by atoms with van der Waals surface area (Å²) < 4.78 is 2.35. The fourth-order valence-corrected chi connectivity index (χ4v) is 4.65. The number of hydrogen-bond donors (Lipinski definition) is 2. The van der Waals surface area contributed by atoms with Gasteiger partial charge in [0.2, 0.25) is 0 Å². The molecule has 26 heavy (non-hydrogen) atoms. The smallest absolute Gasteiger partial charge is 0.191 e. The number of guanidine groups is 1. The van der Waals surface area contributed by atoms with Crippen LogP contribution in [0.2, 0.25) is 0 Å². The van der Waals surface area contributed by atoms with Crippen LogP contribution in [0.15, 0.2) is 4.99 Å². The zero-order valence-corrected chi connectivity index (χ0v) is 19.2. The predicted octanol–water partition coefficient (Wildman–Crippen LogP) is 3.00. The fourth-order valence-electron chi connectivity index (χ4n) is 3.86. The van der Waals surface area contributed by atoms with Crippen LogP contribution >= 0.6 is 35.7 Å². The highest BCUT2D eigenvalue weighted by Gasteiger charge is 2.24. The Morgan fingerprint density at radius 1 is 1.27 bits per heavy atom. The van der Waals surface area contributed by atoms with Gasteiger partial charge < -0.3 is 15.2 Å². The van der Waals surface area contributed by atoms with Crippen LogP contribution in [0, 0.1) is 0 Å². The second-order valence-corrected chi connectivity index (χ2v) is 8.25. The Labute approximate surface area is 178 Å². The molecular formula is C18H33IN6S. The molecule has 1 fully saturated rings. The molecule has 0 saturated heterocycles. The standard InChI is InChI=1S/C18H32N6S.HI/c1-19-18(21-14-9-10-15(13-14)25-2)20-11-6-8-17-23-22-16-7-4-3-5-12-24(16)17;/h14-15H,3-13H2,1-2H3,(H2,19,20,21);1H. The first-order valence-corrected chi connectivity index (χ1v) is 11.0. The van der Waals surface area contributed by atoms with Crippen molar-refractivity contribution in [3.8, 4) is 0 Å². The minimum atomic E-state index is 0. The molecule has 3 rings (SSSR count). The molecule has 2 atom stereocenters. The number of fused-ring (bicyclic) bond motifs is 1. The zero-order chi connectivity index (χ0) is 17.5. The first kappa shape index (κ1) is 21.8. The summed E-state index contributed by atoms with van der Waals surface area (Å²) in [4.78, 5) is 4.37. The monoisotopic (exact) mass is 492 g/mol. The summed E-state index contributed by atoms with van der Waals surface area (Å²) in [6, 6.07) is 0.566. The quantitative estimate of drug-likeness (QED) is 0.277. The van der Waals surface area contributed by atoms with E-state index in [0.717, 1.165) is 49.4 Å². The molecule has 0 aromatic carbocycles. The Balaban J connectivity index is 0.00000243. The van der Waals surface area contributed by atoms with Gasteiger partial charge in [0.25, 0.3) is 0 Å². The van der Waals surface area contributed by atoms with Crippen LogP contribution in [-0.4, -0.2) is 51.9 Å². The van der Waals surface area contributed by atoms with E-state index < -0.39 is 0 Å². The molecule has 1 saturated carbocycles. The van der Waals surface area contributed by atoms with Gasteiger partial charge in [-0.2, -0.15) is 11.8 Å². The Kier molecular flexibility index (Phi) is 9.52. The number of halogens is 1. The molecule has 0 radical (unpaired) electrons. The number of nitrogens with one attached hydrogen (secondary N) is 2. The van der Waals surface area contributed by atoms with Gasteiger partial charge in [0, 0.05) is 44.3 Å². The highest BCUT2D eigenvalue weighted by atomic mass is 127. The highest BCUT2D eigenvalue weighted by molar-refractivity contribution is 14.0. The minimum Gasteiger partial charge on any atom is -0.356 e. The van der Waals surface area contributed by atoms with Gasteiger partial charge in [0.1, 0.15) is 11.6 Å². The average molecular weight is 492 g/mol. The van der Waals surface area contributed by atoms with Gasteiger partial charge in [-0.15, -0.1) is 34.2 Å². The molecule has 2 N–H and O–H groups in total. The largest absolute Gasteiger partial charge is 0.356 e. The first-order valence-electron chi connectivity index (χ1n) is 9.71. The number of thioether (sulfide) groups is 1. The van der Waals surface area contributed by atoms with Crippen LogP contribution in [0.5, 0.6) is 0 Å². The van der Waals surface area contributed by atoms with Crippen LogP contribution in [0.25, 0.3) is 0 Å². The van der Waals surface area contributed by atoms with Crippen molar-refractivity contribution in [2.24, 2.45) is 4.99 Å². The average Bonchev–Trinajstić information content (AvgIpc) is 3.17. The first-order chi connectivity index (χ1) is 12.3. The van der Waals surface area contributed by atoms with Crippen LogP contribution in [0.3, 0.4) is 0 Å². The maximum Gasteiger partial charge on any atom is 0.191 e. The van der Waals surface area contributed by atoms with Gasteiger partial charge in [-0.25, -0.2) is 0 Å². The van der Waals surface area contributed by atoms with Crippen molar-refractivity contribution >= 4 is 41.7 Å². The Morgan fingerprint density at radius 2 is 2.15 bits per heavy atom. The molecule has 2 unspecified atom stereocenters. The lowest BCUT2D eigenvalue weighted by molar-refractivity contribution is 0.588. The Morgan fingerprint density at radius 3 is 2.92 bits per heavy atom. The summed E-state index contributed by atoms with van der Waals surface area (Å²) >= 11 is 1.99. The van der Waals surface area contributed by atoms with Crippen LogP contribution in [0.4, 0.5) is 0 Å². The predicted molar refractivity (Wildman–Crippen MR) is 121 cm³/mol. The molecule has 1 aliphatic carbocycles. The van der Waals surface area contributed by atoms with Crippen molar-refractivity contribution in [2.45, 2.75) is 75.6 Å². The van der Waals surface area contributed by atoms with Crippen molar-refractivity contribution < 1.29 is 0 Å². The summed E-state index contributed by atoms with van der Waals surface area (Å²) in [5.41, 5.74) is 0.